The highest BCUT2D eigenvalue weighted by molar-refractivity contribution is 5.82. The number of amides is 1. The predicted molar refractivity (Wildman–Crippen MR) is 93.4 cm³/mol. The first-order valence-corrected chi connectivity index (χ1v) is 9.31. The van der Waals surface area contributed by atoms with Crippen LogP contribution in [0.1, 0.15) is 44.6 Å². The Morgan fingerprint density at radius 2 is 2.15 bits per heavy atom. The molecule has 1 aliphatic heterocycles. The zero-order valence-electron chi connectivity index (χ0n) is 15.0. The smallest absolute Gasteiger partial charge is 0.387 e. The first kappa shape index (κ1) is 18.9. The van der Waals surface area contributed by atoms with E-state index >= 15 is 0 Å². The summed E-state index contributed by atoms with van der Waals surface area (Å²) in [5.74, 6) is 0.713. The van der Waals surface area contributed by atoms with Gasteiger partial charge >= 0.3 is 6.61 Å². The maximum Gasteiger partial charge on any atom is 0.387 e. The molecule has 3 rings (SSSR count). The molecule has 0 aromatic heterocycles. The van der Waals surface area contributed by atoms with Crippen LogP contribution in [0.3, 0.4) is 0 Å². The van der Waals surface area contributed by atoms with Gasteiger partial charge in [0.15, 0.2) is 11.5 Å². The van der Waals surface area contributed by atoms with Crippen molar-refractivity contribution in [2.24, 2.45) is 5.92 Å². The molecule has 2 fully saturated rings. The van der Waals surface area contributed by atoms with E-state index in [-0.39, 0.29) is 30.0 Å². The molecule has 0 bridgehead atoms. The summed E-state index contributed by atoms with van der Waals surface area (Å²) in [6.07, 6.45) is 5.58. The van der Waals surface area contributed by atoms with Gasteiger partial charge in [-0.05, 0) is 38.2 Å². The molecule has 0 spiro atoms. The van der Waals surface area contributed by atoms with Crippen LogP contribution in [0.2, 0.25) is 0 Å². The molecule has 1 aromatic rings. The lowest BCUT2D eigenvalue weighted by atomic mass is 9.85. The number of ether oxygens (including phenoxy) is 2. The van der Waals surface area contributed by atoms with E-state index in [9.17, 15) is 13.6 Å². The van der Waals surface area contributed by atoms with Crippen LogP contribution in [-0.4, -0.2) is 31.2 Å². The van der Waals surface area contributed by atoms with E-state index < -0.39 is 6.61 Å². The minimum atomic E-state index is -2.95. The average molecular weight is 368 g/mol. The van der Waals surface area contributed by atoms with Gasteiger partial charge < -0.3 is 20.1 Å². The van der Waals surface area contributed by atoms with E-state index in [1.807, 2.05) is 0 Å². The zero-order valence-corrected chi connectivity index (χ0v) is 15.0. The second-order valence-electron chi connectivity index (χ2n) is 6.88. The summed E-state index contributed by atoms with van der Waals surface area (Å²) in [5, 5.41) is 6.27. The van der Waals surface area contributed by atoms with Crippen LogP contribution in [-0.2, 0) is 11.3 Å². The molecule has 1 saturated heterocycles. The fourth-order valence-electron chi connectivity index (χ4n) is 4.02. The maximum absolute atomic E-state index is 12.8. The standard InChI is InChI=1S/C19H26F2N2O3/c1-2-25-16-9-5-7-13(17(16)26-19(20)21)11-22-18(24)15-10-12-6-3-4-8-14(12)23-15/h5,7,9,12,14-15,19,23H,2-4,6,8,10-11H2,1H3,(H,22,24). The fraction of sp³-hybridized carbons (Fsp3) is 0.632. The Bertz CT molecular complexity index is 613. The molecule has 2 aliphatic rings. The number of fused-ring (bicyclic) bond motifs is 1. The van der Waals surface area contributed by atoms with Gasteiger partial charge in [0.2, 0.25) is 5.91 Å². The highest BCUT2D eigenvalue weighted by atomic mass is 19.3. The van der Waals surface area contributed by atoms with Crippen LogP contribution in [0.15, 0.2) is 18.2 Å². The van der Waals surface area contributed by atoms with E-state index in [0.29, 0.717) is 24.1 Å². The molecule has 7 heteroatoms. The average Bonchev–Trinajstić information content (AvgIpc) is 3.06. The fourth-order valence-corrected chi connectivity index (χ4v) is 4.02. The van der Waals surface area contributed by atoms with Gasteiger partial charge in [0.25, 0.3) is 0 Å². The summed E-state index contributed by atoms with van der Waals surface area (Å²) in [6, 6.07) is 5.15. The Labute approximate surface area is 152 Å². The quantitative estimate of drug-likeness (QED) is 0.776. The van der Waals surface area contributed by atoms with E-state index in [1.165, 1.54) is 19.3 Å². The second-order valence-corrected chi connectivity index (χ2v) is 6.88. The highest BCUT2D eigenvalue weighted by Crippen LogP contribution is 2.34. The molecule has 1 saturated carbocycles. The number of halogens is 2. The largest absolute Gasteiger partial charge is 0.490 e. The Balaban J connectivity index is 1.63. The zero-order chi connectivity index (χ0) is 18.5. The third-order valence-corrected chi connectivity index (χ3v) is 5.20. The van der Waals surface area contributed by atoms with E-state index in [0.717, 1.165) is 12.8 Å². The van der Waals surface area contributed by atoms with Gasteiger partial charge in [-0.3, -0.25) is 4.79 Å². The molecule has 0 radical (unpaired) electrons. The van der Waals surface area contributed by atoms with Crippen LogP contribution in [0.5, 0.6) is 11.5 Å². The van der Waals surface area contributed by atoms with Gasteiger partial charge in [0.1, 0.15) is 0 Å². The number of nitrogens with one attached hydrogen (secondary N) is 2. The van der Waals surface area contributed by atoms with Crippen molar-refractivity contribution in [1.29, 1.82) is 0 Å². The number of carbonyl (C=O) groups excluding carboxylic acids is 1. The summed E-state index contributed by atoms with van der Waals surface area (Å²) >= 11 is 0. The van der Waals surface area contributed by atoms with Crippen LogP contribution < -0.4 is 20.1 Å². The Morgan fingerprint density at radius 1 is 1.35 bits per heavy atom. The third-order valence-electron chi connectivity index (χ3n) is 5.20. The summed E-state index contributed by atoms with van der Waals surface area (Å²) in [5.41, 5.74) is 0.472. The number of alkyl halides is 2. The van der Waals surface area contributed by atoms with E-state index in [4.69, 9.17) is 4.74 Å². The van der Waals surface area contributed by atoms with Crippen LogP contribution in [0.25, 0.3) is 0 Å². The highest BCUT2D eigenvalue weighted by Gasteiger charge is 2.38. The number of carbonyl (C=O) groups is 1. The molecule has 5 nitrogen and oxygen atoms in total. The number of benzene rings is 1. The van der Waals surface area contributed by atoms with Crippen molar-refractivity contribution in [3.8, 4) is 11.5 Å². The van der Waals surface area contributed by atoms with Gasteiger partial charge in [0.05, 0.1) is 12.6 Å². The summed E-state index contributed by atoms with van der Waals surface area (Å²) in [6.45, 7) is -0.726. The molecule has 3 atom stereocenters. The summed E-state index contributed by atoms with van der Waals surface area (Å²) in [4.78, 5) is 12.5. The third kappa shape index (κ3) is 4.44. The van der Waals surface area contributed by atoms with Crippen LogP contribution in [0, 0.1) is 5.92 Å². The van der Waals surface area contributed by atoms with Gasteiger partial charge in [-0.15, -0.1) is 0 Å². The lowest BCUT2D eigenvalue weighted by molar-refractivity contribution is -0.123. The lowest BCUT2D eigenvalue weighted by Crippen LogP contribution is -2.42. The SMILES string of the molecule is CCOc1cccc(CNC(=O)C2CC3CCCCC3N2)c1OC(F)F. The van der Waals surface area contributed by atoms with E-state index in [2.05, 4.69) is 15.4 Å². The normalized spacial score (nSPS) is 25.0. The van der Waals surface area contributed by atoms with Gasteiger partial charge in [-0.25, -0.2) is 0 Å². The number of hydrogen-bond acceptors (Lipinski definition) is 4. The Kier molecular flexibility index (Phi) is 6.29. The molecule has 1 amide bonds. The number of para-hydroxylation sites is 1. The van der Waals surface area contributed by atoms with Gasteiger partial charge in [0, 0.05) is 18.2 Å². The first-order valence-electron chi connectivity index (χ1n) is 9.31. The first-order chi connectivity index (χ1) is 12.6. The molecule has 1 aromatic carbocycles. The molecule has 144 valence electrons. The monoisotopic (exact) mass is 368 g/mol. The number of rotatable bonds is 7. The number of hydrogen-bond donors (Lipinski definition) is 2. The van der Waals surface area contributed by atoms with Gasteiger partial charge in [-0.2, -0.15) is 8.78 Å². The topological polar surface area (TPSA) is 59.6 Å². The minimum absolute atomic E-state index is 0.0160. The van der Waals surface area contributed by atoms with Crippen molar-refractivity contribution < 1.29 is 23.0 Å². The Hall–Kier alpha value is -1.89. The molecule has 2 N–H and O–H groups in total. The van der Waals surface area contributed by atoms with Crippen LogP contribution in [0.4, 0.5) is 8.78 Å². The van der Waals surface area contributed by atoms with Crippen molar-refractivity contribution in [3.05, 3.63) is 23.8 Å². The predicted octanol–water partition coefficient (Wildman–Crippen LogP) is 3.22. The van der Waals surface area contributed by atoms with Crippen LogP contribution >= 0.6 is 0 Å². The lowest BCUT2D eigenvalue weighted by Gasteiger charge is -2.24. The van der Waals surface area contributed by atoms with Crippen molar-refractivity contribution in [2.45, 2.75) is 64.3 Å². The summed E-state index contributed by atoms with van der Waals surface area (Å²) in [7, 11) is 0. The van der Waals surface area contributed by atoms with Crippen molar-refractivity contribution in [2.75, 3.05) is 6.61 Å². The van der Waals surface area contributed by atoms with Crippen molar-refractivity contribution in [1.82, 2.24) is 10.6 Å². The summed E-state index contributed by atoms with van der Waals surface area (Å²) < 4.78 is 35.5. The minimum Gasteiger partial charge on any atom is -0.490 e. The molecular weight excluding hydrogens is 342 g/mol. The maximum atomic E-state index is 12.8. The van der Waals surface area contributed by atoms with Crippen molar-refractivity contribution >= 4 is 5.91 Å². The van der Waals surface area contributed by atoms with Gasteiger partial charge in [-0.1, -0.05) is 25.0 Å². The molecule has 26 heavy (non-hydrogen) atoms. The van der Waals surface area contributed by atoms with E-state index in [1.54, 1.807) is 25.1 Å². The molecule has 1 heterocycles. The second kappa shape index (κ2) is 8.66. The Morgan fingerprint density at radius 3 is 2.88 bits per heavy atom. The molecule has 1 aliphatic carbocycles. The molecular formula is C19H26F2N2O3. The van der Waals surface area contributed by atoms with Crippen molar-refractivity contribution in [3.63, 3.8) is 0 Å². The molecule has 3 unspecified atom stereocenters.